The summed E-state index contributed by atoms with van der Waals surface area (Å²) in [6.07, 6.45) is 3.44. The van der Waals surface area contributed by atoms with Gasteiger partial charge in [-0.15, -0.1) is 0 Å². The van der Waals surface area contributed by atoms with Crippen molar-refractivity contribution in [1.82, 2.24) is 4.98 Å². The Kier molecular flexibility index (Phi) is 3.28. The molecule has 0 atom stereocenters. The maximum Gasteiger partial charge on any atom is 0.256 e. The summed E-state index contributed by atoms with van der Waals surface area (Å²) in [5.74, 6) is -0.137. The van der Waals surface area contributed by atoms with E-state index in [0.29, 0.717) is 16.8 Å². The van der Waals surface area contributed by atoms with Crippen LogP contribution in [0.15, 0.2) is 54.9 Å². The second-order valence-electron chi connectivity index (χ2n) is 4.81. The maximum absolute atomic E-state index is 12.4. The van der Waals surface area contributed by atoms with Gasteiger partial charge in [0.1, 0.15) is 5.75 Å². The van der Waals surface area contributed by atoms with Crippen LogP contribution in [0.25, 0.3) is 10.8 Å². The zero-order valence-electron chi connectivity index (χ0n) is 11.5. The van der Waals surface area contributed by atoms with Crippen molar-refractivity contribution in [2.24, 2.45) is 0 Å². The number of carbonyl (C=O) groups excluding carboxylic acids is 1. The Bertz CT molecular complexity index is 823. The minimum Gasteiger partial charge on any atom is -0.508 e. The molecule has 3 rings (SSSR count). The molecule has 0 aliphatic rings. The zero-order valence-corrected chi connectivity index (χ0v) is 11.5. The lowest BCUT2D eigenvalue weighted by atomic mass is 10.1. The quantitative estimate of drug-likeness (QED) is 0.754. The normalized spacial score (nSPS) is 10.5. The molecule has 0 fully saturated rings. The lowest BCUT2D eigenvalue weighted by Crippen LogP contribution is -2.13. The summed E-state index contributed by atoms with van der Waals surface area (Å²) in [7, 11) is 0. The first kappa shape index (κ1) is 13.1. The summed E-state index contributed by atoms with van der Waals surface area (Å²) in [4.78, 5) is 16.5. The summed E-state index contributed by atoms with van der Waals surface area (Å²) < 4.78 is 0. The molecule has 0 spiro atoms. The second-order valence-corrected chi connectivity index (χ2v) is 4.81. The Morgan fingerprint density at radius 2 is 1.95 bits per heavy atom. The topological polar surface area (TPSA) is 62.2 Å². The molecule has 0 radical (unpaired) electrons. The van der Waals surface area contributed by atoms with Crippen LogP contribution >= 0.6 is 0 Å². The van der Waals surface area contributed by atoms with Crippen LogP contribution in [-0.4, -0.2) is 16.0 Å². The number of hydrogen-bond acceptors (Lipinski definition) is 3. The first-order valence-electron chi connectivity index (χ1n) is 6.59. The van der Waals surface area contributed by atoms with Gasteiger partial charge < -0.3 is 10.4 Å². The van der Waals surface area contributed by atoms with E-state index in [1.165, 1.54) is 0 Å². The monoisotopic (exact) mass is 278 g/mol. The highest BCUT2D eigenvalue weighted by atomic mass is 16.3. The van der Waals surface area contributed by atoms with E-state index >= 15 is 0 Å². The third-order valence-corrected chi connectivity index (χ3v) is 3.48. The number of nitrogens with one attached hydrogen (secondary N) is 1. The highest BCUT2D eigenvalue weighted by Crippen LogP contribution is 2.24. The Labute approximate surface area is 122 Å². The van der Waals surface area contributed by atoms with Crippen LogP contribution in [0.2, 0.25) is 0 Å². The fourth-order valence-electron chi connectivity index (χ4n) is 2.28. The molecule has 0 aliphatic carbocycles. The first-order valence-corrected chi connectivity index (χ1v) is 6.59. The fourth-order valence-corrected chi connectivity index (χ4v) is 2.28. The van der Waals surface area contributed by atoms with Gasteiger partial charge in [0.2, 0.25) is 0 Å². The predicted molar refractivity (Wildman–Crippen MR) is 82.5 cm³/mol. The molecule has 21 heavy (non-hydrogen) atoms. The molecule has 1 amide bonds. The van der Waals surface area contributed by atoms with Crippen LogP contribution in [0.4, 0.5) is 5.69 Å². The van der Waals surface area contributed by atoms with Gasteiger partial charge in [-0.2, -0.15) is 0 Å². The maximum atomic E-state index is 12.4. The number of fused-ring (bicyclic) bond motifs is 1. The Balaban J connectivity index is 1.99. The number of hydrogen-bond donors (Lipinski definition) is 2. The molecule has 3 aromatic rings. The van der Waals surface area contributed by atoms with Gasteiger partial charge in [-0.1, -0.05) is 18.2 Å². The van der Waals surface area contributed by atoms with Crippen molar-refractivity contribution in [3.8, 4) is 5.75 Å². The van der Waals surface area contributed by atoms with Gasteiger partial charge in [-0.05, 0) is 36.6 Å². The molecule has 2 N–H and O–H groups in total. The molecule has 4 heteroatoms. The van der Waals surface area contributed by atoms with Crippen LogP contribution in [0.5, 0.6) is 5.75 Å². The third kappa shape index (κ3) is 2.43. The van der Waals surface area contributed by atoms with Crippen molar-refractivity contribution in [3.05, 3.63) is 66.0 Å². The average Bonchev–Trinajstić information content (AvgIpc) is 2.50. The molecule has 2 aromatic carbocycles. The van der Waals surface area contributed by atoms with Gasteiger partial charge in [0.25, 0.3) is 5.91 Å². The molecule has 1 heterocycles. The van der Waals surface area contributed by atoms with E-state index in [1.54, 1.807) is 37.5 Å². The largest absolute Gasteiger partial charge is 0.508 e. The predicted octanol–water partition coefficient (Wildman–Crippen LogP) is 3.50. The van der Waals surface area contributed by atoms with Crippen LogP contribution in [0.1, 0.15) is 15.9 Å². The van der Waals surface area contributed by atoms with Gasteiger partial charge in [-0.3, -0.25) is 9.78 Å². The minimum absolute atomic E-state index is 0.113. The van der Waals surface area contributed by atoms with Crippen molar-refractivity contribution >= 4 is 22.4 Å². The van der Waals surface area contributed by atoms with Crippen LogP contribution in [-0.2, 0) is 0 Å². The molecule has 0 aliphatic heterocycles. The number of carbonyl (C=O) groups is 1. The van der Waals surface area contributed by atoms with E-state index in [4.69, 9.17) is 0 Å². The van der Waals surface area contributed by atoms with E-state index in [1.807, 2.05) is 24.3 Å². The van der Waals surface area contributed by atoms with Crippen molar-refractivity contribution < 1.29 is 9.90 Å². The third-order valence-electron chi connectivity index (χ3n) is 3.48. The number of anilines is 1. The number of aromatic hydroxyl groups is 1. The summed E-state index contributed by atoms with van der Waals surface area (Å²) >= 11 is 0. The summed E-state index contributed by atoms with van der Waals surface area (Å²) in [5, 5.41) is 14.5. The van der Waals surface area contributed by atoms with E-state index in [2.05, 4.69) is 10.3 Å². The van der Waals surface area contributed by atoms with Crippen molar-refractivity contribution in [2.75, 3.05) is 5.32 Å². The Hall–Kier alpha value is -2.88. The minimum atomic E-state index is -0.250. The van der Waals surface area contributed by atoms with Crippen molar-refractivity contribution in [2.45, 2.75) is 6.92 Å². The second kappa shape index (κ2) is 5.25. The van der Waals surface area contributed by atoms with Gasteiger partial charge in [-0.25, -0.2) is 0 Å². The number of benzene rings is 2. The van der Waals surface area contributed by atoms with Crippen LogP contribution in [0.3, 0.4) is 0 Å². The number of nitrogens with zero attached hydrogens (tertiary/aromatic N) is 1. The molecular formula is C17H14N2O2. The lowest BCUT2D eigenvalue weighted by molar-refractivity contribution is 0.102. The first-order chi connectivity index (χ1) is 10.2. The van der Waals surface area contributed by atoms with E-state index in [0.717, 1.165) is 10.8 Å². The van der Waals surface area contributed by atoms with Gasteiger partial charge >= 0.3 is 0 Å². The number of phenols is 1. The number of aromatic nitrogens is 1. The van der Waals surface area contributed by atoms with Gasteiger partial charge in [0, 0.05) is 28.9 Å². The highest BCUT2D eigenvalue weighted by Gasteiger charge is 2.12. The molecule has 4 nitrogen and oxygen atoms in total. The van der Waals surface area contributed by atoms with Crippen LogP contribution < -0.4 is 5.32 Å². The molecule has 0 unspecified atom stereocenters. The summed E-state index contributed by atoms with van der Waals surface area (Å²) in [6.45, 7) is 1.72. The number of rotatable bonds is 2. The molecule has 0 saturated heterocycles. The molecular weight excluding hydrogens is 264 g/mol. The van der Waals surface area contributed by atoms with Crippen molar-refractivity contribution in [1.29, 1.82) is 0 Å². The molecule has 1 aromatic heterocycles. The Morgan fingerprint density at radius 1 is 1.14 bits per heavy atom. The number of pyridine rings is 1. The highest BCUT2D eigenvalue weighted by molar-refractivity contribution is 6.09. The summed E-state index contributed by atoms with van der Waals surface area (Å²) in [6, 6.07) is 12.5. The molecule has 0 saturated carbocycles. The average molecular weight is 278 g/mol. The van der Waals surface area contributed by atoms with Crippen molar-refractivity contribution in [3.63, 3.8) is 0 Å². The van der Waals surface area contributed by atoms with E-state index in [-0.39, 0.29) is 11.7 Å². The smallest absolute Gasteiger partial charge is 0.256 e. The van der Waals surface area contributed by atoms with Crippen LogP contribution in [0, 0.1) is 6.92 Å². The van der Waals surface area contributed by atoms with E-state index < -0.39 is 0 Å². The Morgan fingerprint density at radius 3 is 2.81 bits per heavy atom. The standard InChI is InChI=1S/C17H14N2O2/c1-11-13(5-3-7-16(11)20)17(21)19-15-6-2-4-12-8-9-18-10-14(12)15/h2-10,20H,1H3,(H,19,21). The number of phenolic OH excluding ortho intramolecular Hbond substituents is 1. The molecule has 0 bridgehead atoms. The molecule has 104 valence electrons. The summed E-state index contributed by atoms with van der Waals surface area (Å²) in [5.41, 5.74) is 1.72. The number of amides is 1. The van der Waals surface area contributed by atoms with Gasteiger partial charge in [0.05, 0.1) is 5.69 Å². The fraction of sp³-hybridized carbons (Fsp3) is 0.0588. The van der Waals surface area contributed by atoms with Gasteiger partial charge in [0.15, 0.2) is 0 Å². The zero-order chi connectivity index (χ0) is 14.8. The SMILES string of the molecule is Cc1c(O)cccc1C(=O)Nc1cccc2ccncc12. The van der Waals surface area contributed by atoms with E-state index in [9.17, 15) is 9.90 Å². The lowest BCUT2D eigenvalue weighted by Gasteiger charge is -2.10.